The number of fused-ring (bicyclic) bond motifs is 1. The zero-order chi connectivity index (χ0) is 19.5. The number of nitrogens with one attached hydrogen (secondary N) is 1. The average molecular weight is 374 g/mol. The normalized spacial score (nSPS) is 12.6. The number of carbonyl (C=O) groups is 2. The maximum Gasteiger partial charge on any atom is 0.275 e. The predicted octanol–water partition coefficient (Wildman–Crippen LogP) is 3.55. The molecule has 0 aliphatic carbocycles. The van der Waals surface area contributed by atoms with Gasteiger partial charge in [-0.05, 0) is 41.5 Å². The molecule has 1 aliphatic heterocycles. The average Bonchev–Trinajstić information content (AvgIpc) is 3.09. The van der Waals surface area contributed by atoms with E-state index in [1.807, 2.05) is 54.6 Å². The van der Waals surface area contributed by atoms with Gasteiger partial charge in [0, 0.05) is 5.69 Å². The molecule has 6 heteroatoms. The van der Waals surface area contributed by atoms with Crippen molar-refractivity contribution in [3.8, 4) is 5.75 Å². The summed E-state index contributed by atoms with van der Waals surface area (Å²) in [4.78, 5) is 26.3. The van der Waals surface area contributed by atoms with E-state index in [0.29, 0.717) is 30.2 Å². The van der Waals surface area contributed by atoms with E-state index in [1.165, 1.54) is 6.07 Å². The van der Waals surface area contributed by atoms with Crippen LogP contribution in [-0.2, 0) is 13.2 Å². The van der Waals surface area contributed by atoms with E-state index in [2.05, 4.69) is 0 Å². The van der Waals surface area contributed by atoms with E-state index < -0.39 is 5.91 Å². The number of ether oxygens (including phenoxy) is 1. The Labute approximate surface area is 161 Å². The first-order valence-electron chi connectivity index (χ1n) is 8.82. The van der Waals surface area contributed by atoms with Crippen molar-refractivity contribution in [2.24, 2.45) is 0 Å². The lowest BCUT2D eigenvalue weighted by atomic mass is 10.0. The molecule has 28 heavy (non-hydrogen) atoms. The van der Waals surface area contributed by atoms with Crippen LogP contribution in [0, 0.1) is 0 Å². The van der Waals surface area contributed by atoms with Crippen molar-refractivity contribution in [1.82, 2.24) is 5.48 Å². The molecule has 1 heterocycles. The van der Waals surface area contributed by atoms with E-state index in [-0.39, 0.29) is 11.5 Å². The van der Waals surface area contributed by atoms with Crippen LogP contribution in [0.5, 0.6) is 5.75 Å². The van der Waals surface area contributed by atoms with Crippen LogP contribution in [0.15, 0.2) is 72.8 Å². The molecule has 0 atom stereocenters. The van der Waals surface area contributed by atoms with Crippen molar-refractivity contribution in [2.75, 3.05) is 4.90 Å². The third kappa shape index (κ3) is 3.33. The number of amides is 2. The van der Waals surface area contributed by atoms with Crippen LogP contribution < -0.4 is 15.1 Å². The van der Waals surface area contributed by atoms with Crippen molar-refractivity contribution < 1.29 is 19.5 Å². The van der Waals surface area contributed by atoms with Crippen LogP contribution in [0.4, 0.5) is 5.69 Å². The van der Waals surface area contributed by atoms with E-state index in [9.17, 15) is 9.59 Å². The Morgan fingerprint density at radius 2 is 1.75 bits per heavy atom. The fraction of sp³-hybridized carbons (Fsp3) is 0.0909. The van der Waals surface area contributed by atoms with Gasteiger partial charge in [-0.3, -0.25) is 14.8 Å². The summed E-state index contributed by atoms with van der Waals surface area (Å²) in [5.74, 6) is -0.263. The highest BCUT2D eigenvalue weighted by atomic mass is 16.5. The molecule has 6 nitrogen and oxygen atoms in total. The quantitative estimate of drug-likeness (QED) is 0.529. The Balaban J connectivity index is 1.51. The van der Waals surface area contributed by atoms with Crippen LogP contribution in [0.2, 0.25) is 0 Å². The molecule has 0 spiro atoms. The maximum absolute atomic E-state index is 12.9. The minimum atomic E-state index is -0.697. The molecule has 0 fully saturated rings. The first-order chi connectivity index (χ1) is 13.7. The van der Waals surface area contributed by atoms with Gasteiger partial charge in [-0.2, -0.15) is 0 Å². The second-order valence-electron chi connectivity index (χ2n) is 6.44. The Morgan fingerprint density at radius 1 is 1.00 bits per heavy atom. The van der Waals surface area contributed by atoms with E-state index >= 15 is 0 Å². The molecule has 4 rings (SSSR count). The number of hydrogen-bond acceptors (Lipinski definition) is 4. The molecule has 3 aromatic carbocycles. The highest BCUT2D eigenvalue weighted by molar-refractivity contribution is 6.16. The second-order valence-corrected chi connectivity index (χ2v) is 6.44. The summed E-state index contributed by atoms with van der Waals surface area (Å²) in [5, 5.41) is 8.91. The van der Waals surface area contributed by atoms with Crippen LogP contribution in [0.3, 0.4) is 0 Å². The van der Waals surface area contributed by atoms with Gasteiger partial charge in [0.15, 0.2) is 0 Å². The van der Waals surface area contributed by atoms with Gasteiger partial charge in [0.25, 0.3) is 11.8 Å². The zero-order valence-electron chi connectivity index (χ0n) is 15.0. The number of hydroxylamine groups is 1. The molecule has 0 radical (unpaired) electrons. The highest BCUT2D eigenvalue weighted by Crippen LogP contribution is 2.31. The summed E-state index contributed by atoms with van der Waals surface area (Å²) in [7, 11) is 0. The van der Waals surface area contributed by atoms with Gasteiger partial charge in [0.2, 0.25) is 0 Å². The van der Waals surface area contributed by atoms with Crippen molar-refractivity contribution in [1.29, 1.82) is 0 Å². The maximum atomic E-state index is 12.9. The number of hydrogen-bond donors (Lipinski definition) is 2. The Morgan fingerprint density at radius 3 is 2.46 bits per heavy atom. The van der Waals surface area contributed by atoms with Crippen LogP contribution >= 0.6 is 0 Å². The van der Waals surface area contributed by atoms with Gasteiger partial charge >= 0.3 is 0 Å². The van der Waals surface area contributed by atoms with E-state index in [4.69, 9.17) is 9.94 Å². The zero-order valence-corrected chi connectivity index (χ0v) is 15.0. The summed E-state index contributed by atoms with van der Waals surface area (Å²) in [6.07, 6.45) is 0. The van der Waals surface area contributed by atoms with E-state index in [0.717, 1.165) is 11.1 Å². The van der Waals surface area contributed by atoms with Crippen LogP contribution in [0.1, 0.15) is 31.8 Å². The monoisotopic (exact) mass is 374 g/mol. The molecule has 0 bridgehead atoms. The predicted molar refractivity (Wildman–Crippen MR) is 103 cm³/mol. The van der Waals surface area contributed by atoms with Crippen LogP contribution in [0.25, 0.3) is 0 Å². The number of nitrogens with zero attached hydrogens (tertiary/aromatic N) is 1. The SMILES string of the molecule is O=C(NO)c1cccc2c1C(=O)N(c1ccc(OCc3ccccc3)cc1)C2. The van der Waals surface area contributed by atoms with Gasteiger partial charge in [0.05, 0.1) is 17.7 Å². The highest BCUT2D eigenvalue weighted by Gasteiger charge is 2.32. The third-order valence-electron chi connectivity index (χ3n) is 4.68. The number of benzene rings is 3. The number of carbonyl (C=O) groups excluding carboxylic acids is 2. The topological polar surface area (TPSA) is 78.9 Å². The van der Waals surface area contributed by atoms with Gasteiger partial charge in [-0.25, -0.2) is 5.48 Å². The summed E-state index contributed by atoms with van der Waals surface area (Å²) in [6.45, 7) is 0.832. The first kappa shape index (κ1) is 17.8. The van der Waals surface area contributed by atoms with Crippen molar-refractivity contribution in [3.05, 3.63) is 95.1 Å². The third-order valence-corrected chi connectivity index (χ3v) is 4.68. The molecule has 0 saturated heterocycles. The largest absolute Gasteiger partial charge is 0.489 e. The summed E-state index contributed by atoms with van der Waals surface area (Å²) < 4.78 is 5.78. The second kappa shape index (κ2) is 7.54. The Hall–Kier alpha value is -3.64. The molecular formula is C22H18N2O4. The minimum Gasteiger partial charge on any atom is -0.489 e. The molecular weight excluding hydrogens is 356 g/mol. The number of anilines is 1. The smallest absolute Gasteiger partial charge is 0.275 e. The molecule has 140 valence electrons. The molecule has 3 aromatic rings. The molecule has 0 saturated carbocycles. The van der Waals surface area contributed by atoms with Crippen molar-refractivity contribution in [3.63, 3.8) is 0 Å². The fourth-order valence-electron chi connectivity index (χ4n) is 3.28. The lowest BCUT2D eigenvalue weighted by Gasteiger charge is -2.16. The standard InChI is InChI=1S/C22H18N2O4/c25-21(23-27)19-8-4-7-16-13-24(22(26)20(16)19)17-9-11-18(12-10-17)28-14-15-5-2-1-3-6-15/h1-12,27H,13-14H2,(H,23,25). The minimum absolute atomic E-state index is 0.162. The van der Waals surface area contributed by atoms with E-state index in [1.54, 1.807) is 22.5 Å². The Bertz CT molecular complexity index is 1020. The van der Waals surface area contributed by atoms with Crippen molar-refractivity contribution >= 4 is 17.5 Å². The first-order valence-corrected chi connectivity index (χ1v) is 8.82. The molecule has 2 N–H and O–H groups in total. The lowest BCUT2D eigenvalue weighted by Crippen LogP contribution is -2.26. The molecule has 2 amide bonds. The summed E-state index contributed by atoms with van der Waals surface area (Å²) >= 11 is 0. The lowest BCUT2D eigenvalue weighted by molar-refractivity contribution is 0.0703. The summed E-state index contributed by atoms with van der Waals surface area (Å²) in [5.41, 5.74) is 4.61. The van der Waals surface area contributed by atoms with Crippen molar-refractivity contribution in [2.45, 2.75) is 13.2 Å². The summed E-state index contributed by atoms with van der Waals surface area (Å²) in [6, 6.07) is 22.2. The molecule has 0 aromatic heterocycles. The van der Waals surface area contributed by atoms with Crippen LogP contribution in [-0.4, -0.2) is 17.0 Å². The Kier molecular flexibility index (Phi) is 4.78. The van der Waals surface area contributed by atoms with Gasteiger partial charge in [-0.15, -0.1) is 0 Å². The number of rotatable bonds is 5. The molecule has 0 unspecified atom stereocenters. The van der Waals surface area contributed by atoms with Gasteiger partial charge < -0.3 is 9.64 Å². The van der Waals surface area contributed by atoms with Gasteiger partial charge in [0.1, 0.15) is 12.4 Å². The van der Waals surface area contributed by atoms with Gasteiger partial charge in [-0.1, -0.05) is 42.5 Å². The molecule has 1 aliphatic rings. The fourth-order valence-corrected chi connectivity index (χ4v) is 3.28.